The zero-order valence-corrected chi connectivity index (χ0v) is 25.8. The van der Waals surface area contributed by atoms with Crippen LogP contribution in [0.1, 0.15) is 73.3 Å². The van der Waals surface area contributed by atoms with Gasteiger partial charge in [0.15, 0.2) is 11.5 Å². The predicted molar refractivity (Wildman–Crippen MR) is 158 cm³/mol. The van der Waals surface area contributed by atoms with Gasteiger partial charge in [0.2, 0.25) is 11.8 Å². The number of rotatable bonds is 19. The highest BCUT2D eigenvalue weighted by Gasteiger charge is 2.31. The molecule has 2 amide bonds. The summed E-state index contributed by atoms with van der Waals surface area (Å²) in [5, 5.41) is 2.95. The molecule has 0 aliphatic heterocycles. The number of carbonyl (C=O) groups excluding carboxylic acids is 2. The number of nitrogens with one attached hydrogen (secondary N) is 1. The van der Waals surface area contributed by atoms with E-state index < -0.39 is 11.3 Å². The van der Waals surface area contributed by atoms with Crippen LogP contribution < -0.4 is 26.3 Å². The van der Waals surface area contributed by atoms with E-state index in [2.05, 4.69) is 52.1 Å². The zero-order chi connectivity index (χ0) is 29.8. The van der Waals surface area contributed by atoms with Crippen molar-refractivity contribution in [2.24, 2.45) is 46.5 Å². The van der Waals surface area contributed by atoms with Crippen molar-refractivity contribution in [1.29, 1.82) is 0 Å². The van der Waals surface area contributed by atoms with Crippen molar-refractivity contribution in [1.82, 2.24) is 5.32 Å². The third kappa shape index (κ3) is 11.8. The van der Waals surface area contributed by atoms with Crippen molar-refractivity contribution >= 4 is 11.8 Å². The molecule has 0 saturated heterocycles. The maximum absolute atomic E-state index is 13.0. The Morgan fingerprint density at radius 3 is 2.18 bits per heavy atom. The summed E-state index contributed by atoms with van der Waals surface area (Å²) >= 11 is 0. The summed E-state index contributed by atoms with van der Waals surface area (Å²) in [6.45, 7) is 15.6. The van der Waals surface area contributed by atoms with Gasteiger partial charge < -0.3 is 31.0 Å². The molecule has 0 bridgehead atoms. The molecular weight excluding hydrogens is 494 g/mol. The number of benzene rings is 1. The average molecular weight is 550 g/mol. The molecule has 0 aliphatic rings. The summed E-state index contributed by atoms with van der Waals surface area (Å²) in [4.78, 5) is 24.7. The minimum atomic E-state index is -0.792. The van der Waals surface area contributed by atoms with Crippen molar-refractivity contribution in [2.45, 2.75) is 80.2 Å². The summed E-state index contributed by atoms with van der Waals surface area (Å²) in [6.07, 6.45) is 3.24. The summed E-state index contributed by atoms with van der Waals surface area (Å²) in [5.74, 6) is 1.93. The Kier molecular flexibility index (Phi) is 14.9. The van der Waals surface area contributed by atoms with Crippen LogP contribution in [-0.2, 0) is 20.7 Å². The van der Waals surface area contributed by atoms with Gasteiger partial charge in [0, 0.05) is 38.6 Å². The van der Waals surface area contributed by atoms with E-state index in [0.717, 1.165) is 30.8 Å². The number of methoxy groups -OCH3 is 2. The van der Waals surface area contributed by atoms with Gasteiger partial charge in [-0.25, -0.2) is 0 Å². The first-order valence-electron chi connectivity index (χ1n) is 14.3. The van der Waals surface area contributed by atoms with Gasteiger partial charge >= 0.3 is 0 Å². The Bertz CT molecular complexity index is 887. The number of amides is 2. The van der Waals surface area contributed by atoms with Gasteiger partial charge in [-0.2, -0.15) is 0 Å². The van der Waals surface area contributed by atoms with E-state index in [1.807, 2.05) is 6.07 Å². The molecule has 39 heavy (non-hydrogen) atoms. The van der Waals surface area contributed by atoms with Crippen LogP contribution in [0.15, 0.2) is 18.2 Å². The van der Waals surface area contributed by atoms with E-state index in [1.165, 1.54) is 5.56 Å². The number of hydrogen-bond acceptors (Lipinski definition) is 6. The van der Waals surface area contributed by atoms with Crippen molar-refractivity contribution in [2.75, 3.05) is 34.0 Å². The standard InChI is InChI=1S/C31H55N3O5/c1-20(2)24(16-23-11-12-27(38-9)28(17-23)39-14-10-13-37-8)18-26(32)22(5)15-25(21(3)4)29(35)34-19-31(6,7)30(33)36/h11-12,17,20-22,24-26H,10,13-16,18-19,32H2,1-9H3,(H2,33,36)(H,34,35)/t22-,24-,25?,26-/m0/s1. The maximum Gasteiger partial charge on any atom is 0.224 e. The predicted octanol–water partition coefficient (Wildman–Crippen LogP) is 4.57. The molecule has 0 aromatic heterocycles. The fourth-order valence-corrected chi connectivity index (χ4v) is 4.61. The summed E-state index contributed by atoms with van der Waals surface area (Å²) in [7, 11) is 3.33. The molecule has 224 valence electrons. The monoisotopic (exact) mass is 549 g/mol. The molecule has 4 atom stereocenters. The smallest absolute Gasteiger partial charge is 0.224 e. The third-order valence-electron chi connectivity index (χ3n) is 7.86. The highest BCUT2D eigenvalue weighted by Crippen LogP contribution is 2.32. The molecule has 5 N–H and O–H groups in total. The molecule has 1 rings (SSSR count). The van der Waals surface area contributed by atoms with Gasteiger partial charge in [-0.05, 0) is 74.5 Å². The van der Waals surface area contributed by atoms with Crippen LogP contribution in [0.3, 0.4) is 0 Å². The highest BCUT2D eigenvalue weighted by atomic mass is 16.5. The number of hydrogen-bond donors (Lipinski definition) is 3. The number of ether oxygens (including phenoxy) is 3. The van der Waals surface area contributed by atoms with Crippen LogP contribution in [0.4, 0.5) is 0 Å². The SMILES string of the molecule is COCCCOc1cc(C[C@@H](C[C@H](N)[C@@H](C)CC(C(=O)NCC(C)(C)C(N)=O)C(C)C)C(C)C)ccc1OC. The Morgan fingerprint density at radius 1 is 0.974 bits per heavy atom. The molecule has 8 nitrogen and oxygen atoms in total. The quantitative estimate of drug-likeness (QED) is 0.217. The van der Waals surface area contributed by atoms with Crippen LogP contribution in [0, 0.1) is 35.0 Å². The molecule has 0 saturated carbocycles. The highest BCUT2D eigenvalue weighted by molar-refractivity contribution is 5.83. The molecule has 0 radical (unpaired) electrons. The molecule has 1 aromatic carbocycles. The molecule has 8 heteroatoms. The zero-order valence-electron chi connectivity index (χ0n) is 25.8. The van der Waals surface area contributed by atoms with Gasteiger partial charge in [0.1, 0.15) is 0 Å². The molecule has 0 fully saturated rings. The van der Waals surface area contributed by atoms with E-state index in [0.29, 0.717) is 31.5 Å². The fraction of sp³-hybridized carbons (Fsp3) is 0.742. The number of primary amides is 1. The third-order valence-corrected chi connectivity index (χ3v) is 7.86. The normalized spacial score (nSPS) is 15.1. The first kappa shape index (κ1) is 34.7. The minimum absolute atomic E-state index is 0.0449. The lowest BCUT2D eigenvalue weighted by molar-refractivity contribution is -0.129. The van der Waals surface area contributed by atoms with E-state index in [4.69, 9.17) is 25.7 Å². The summed E-state index contributed by atoms with van der Waals surface area (Å²) in [5.41, 5.74) is 12.6. The Balaban J connectivity index is 2.87. The summed E-state index contributed by atoms with van der Waals surface area (Å²) in [6, 6.07) is 6.09. The molecule has 0 heterocycles. The number of carbonyl (C=O) groups is 2. The van der Waals surface area contributed by atoms with Crippen molar-refractivity contribution < 1.29 is 23.8 Å². The summed E-state index contributed by atoms with van der Waals surface area (Å²) < 4.78 is 16.6. The second kappa shape index (κ2) is 16.7. The lowest BCUT2D eigenvalue weighted by Gasteiger charge is -2.31. The topological polar surface area (TPSA) is 126 Å². The first-order chi connectivity index (χ1) is 18.2. The molecule has 1 unspecified atom stereocenters. The minimum Gasteiger partial charge on any atom is -0.493 e. The van der Waals surface area contributed by atoms with Gasteiger partial charge in [0.25, 0.3) is 0 Å². The van der Waals surface area contributed by atoms with Crippen LogP contribution in [-0.4, -0.2) is 51.8 Å². The lowest BCUT2D eigenvalue weighted by atomic mass is 9.78. The maximum atomic E-state index is 13.0. The van der Waals surface area contributed by atoms with E-state index >= 15 is 0 Å². The first-order valence-corrected chi connectivity index (χ1v) is 14.3. The Morgan fingerprint density at radius 2 is 1.64 bits per heavy atom. The van der Waals surface area contributed by atoms with Gasteiger partial charge in [-0.15, -0.1) is 0 Å². The van der Waals surface area contributed by atoms with Crippen LogP contribution >= 0.6 is 0 Å². The fourth-order valence-electron chi connectivity index (χ4n) is 4.61. The van der Waals surface area contributed by atoms with E-state index in [9.17, 15) is 9.59 Å². The van der Waals surface area contributed by atoms with Gasteiger partial charge in [-0.1, -0.05) is 40.7 Å². The average Bonchev–Trinajstić information content (AvgIpc) is 2.87. The second-order valence-electron chi connectivity index (χ2n) is 12.3. The molecular formula is C31H55N3O5. The lowest BCUT2D eigenvalue weighted by Crippen LogP contribution is -2.45. The van der Waals surface area contributed by atoms with Crippen LogP contribution in [0.25, 0.3) is 0 Å². The van der Waals surface area contributed by atoms with Gasteiger partial charge in [0.05, 0.1) is 19.1 Å². The largest absolute Gasteiger partial charge is 0.493 e. The molecule has 0 aliphatic carbocycles. The molecule has 1 aromatic rings. The van der Waals surface area contributed by atoms with Crippen LogP contribution in [0.5, 0.6) is 11.5 Å². The van der Waals surface area contributed by atoms with E-state index in [-0.39, 0.29) is 36.2 Å². The van der Waals surface area contributed by atoms with E-state index in [1.54, 1.807) is 28.1 Å². The van der Waals surface area contributed by atoms with Gasteiger partial charge in [-0.3, -0.25) is 9.59 Å². The Labute approximate surface area is 236 Å². The molecule has 0 spiro atoms. The van der Waals surface area contributed by atoms with Crippen LogP contribution in [0.2, 0.25) is 0 Å². The van der Waals surface area contributed by atoms with Crippen molar-refractivity contribution in [3.8, 4) is 11.5 Å². The second-order valence-corrected chi connectivity index (χ2v) is 12.3. The van der Waals surface area contributed by atoms with Crippen molar-refractivity contribution in [3.63, 3.8) is 0 Å². The Hall–Kier alpha value is -2.32. The van der Waals surface area contributed by atoms with Crippen molar-refractivity contribution in [3.05, 3.63) is 23.8 Å². The number of nitrogens with two attached hydrogens (primary N) is 2.